The van der Waals surface area contributed by atoms with Gasteiger partial charge in [-0.2, -0.15) is 0 Å². The van der Waals surface area contributed by atoms with Crippen LogP contribution in [0.1, 0.15) is 62.1 Å². The van der Waals surface area contributed by atoms with E-state index in [4.69, 9.17) is 11.6 Å². The number of nitrogens with zero attached hydrogens (tertiary/aromatic N) is 2. The minimum absolute atomic E-state index is 0.00766. The fourth-order valence-corrected chi connectivity index (χ4v) is 7.21. The van der Waals surface area contributed by atoms with Gasteiger partial charge in [0.25, 0.3) is 10.0 Å². The number of hydrogen-bond acceptors (Lipinski definition) is 4. The van der Waals surface area contributed by atoms with Crippen molar-refractivity contribution in [3.05, 3.63) is 94.3 Å². The first-order chi connectivity index (χ1) is 20.5. The van der Waals surface area contributed by atoms with Crippen LogP contribution >= 0.6 is 11.6 Å². The Hall–Kier alpha value is -3.43. The van der Waals surface area contributed by atoms with Crippen molar-refractivity contribution in [1.82, 2.24) is 10.2 Å². The standard InChI is InChI=1S/C33H39ClFN3O4S/c1-4-30(33(40)36-28-8-6-5-7-9-28)37(21-25-12-15-27(35)16-13-25)32(39)22-38(31-19-14-26(34)20-24(31)3)43(41,42)29-17-10-23(2)11-18-29/h10-20,28,30H,4-9,21-22H2,1-3H3,(H,36,40)/t30-/m1/s1. The normalized spacial score (nSPS) is 14.6. The summed E-state index contributed by atoms with van der Waals surface area (Å²) in [4.78, 5) is 29.3. The molecule has 1 aliphatic rings. The second-order valence-electron chi connectivity index (χ2n) is 11.2. The average Bonchev–Trinajstić information content (AvgIpc) is 2.98. The molecular weight excluding hydrogens is 589 g/mol. The number of amides is 2. The Bertz CT molecular complexity index is 1520. The summed E-state index contributed by atoms with van der Waals surface area (Å²) in [6, 6.07) is 16.1. The first-order valence-electron chi connectivity index (χ1n) is 14.7. The Kier molecular flexibility index (Phi) is 10.8. The molecule has 0 aromatic heterocycles. The molecule has 4 rings (SSSR count). The minimum Gasteiger partial charge on any atom is -0.352 e. The molecule has 1 aliphatic carbocycles. The molecule has 1 fully saturated rings. The van der Waals surface area contributed by atoms with Crippen molar-refractivity contribution in [2.75, 3.05) is 10.8 Å². The summed E-state index contributed by atoms with van der Waals surface area (Å²) in [5.74, 6) is -1.25. The highest BCUT2D eigenvalue weighted by Crippen LogP contribution is 2.30. The van der Waals surface area contributed by atoms with Crippen LogP contribution in [0.15, 0.2) is 71.6 Å². The largest absolute Gasteiger partial charge is 0.352 e. The van der Waals surface area contributed by atoms with Crippen LogP contribution in [0, 0.1) is 19.7 Å². The van der Waals surface area contributed by atoms with Crippen LogP contribution in [0.25, 0.3) is 0 Å². The molecule has 1 atom stereocenters. The van der Waals surface area contributed by atoms with Gasteiger partial charge in [0.05, 0.1) is 10.6 Å². The fraction of sp³-hybridized carbons (Fsp3) is 0.394. The second kappa shape index (κ2) is 14.4. The zero-order chi connectivity index (χ0) is 31.1. The van der Waals surface area contributed by atoms with Gasteiger partial charge in [0.15, 0.2) is 0 Å². The lowest BCUT2D eigenvalue weighted by Gasteiger charge is -2.34. The van der Waals surface area contributed by atoms with Crippen molar-refractivity contribution in [1.29, 1.82) is 0 Å². The van der Waals surface area contributed by atoms with E-state index >= 15 is 0 Å². The lowest BCUT2D eigenvalue weighted by Crippen LogP contribution is -2.54. The summed E-state index contributed by atoms with van der Waals surface area (Å²) in [6.07, 6.45) is 5.28. The van der Waals surface area contributed by atoms with Crippen LogP contribution in [0.2, 0.25) is 5.02 Å². The third-order valence-electron chi connectivity index (χ3n) is 7.92. The Balaban J connectivity index is 1.72. The minimum atomic E-state index is -4.20. The summed E-state index contributed by atoms with van der Waals surface area (Å²) in [7, 11) is -4.20. The van der Waals surface area contributed by atoms with Crippen molar-refractivity contribution in [3.63, 3.8) is 0 Å². The van der Waals surface area contributed by atoms with Crippen molar-refractivity contribution in [2.24, 2.45) is 0 Å². The first-order valence-corrected chi connectivity index (χ1v) is 16.5. The maximum atomic E-state index is 14.2. The molecule has 230 valence electrons. The fourth-order valence-electron chi connectivity index (χ4n) is 5.50. The monoisotopic (exact) mass is 627 g/mol. The van der Waals surface area contributed by atoms with Gasteiger partial charge >= 0.3 is 0 Å². The highest BCUT2D eigenvalue weighted by atomic mass is 35.5. The van der Waals surface area contributed by atoms with Crippen molar-refractivity contribution < 1.29 is 22.4 Å². The smallest absolute Gasteiger partial charge is 0.264 e. The molecule has 0 radical (unpaired) electrons. The van der Waals surface area contributed by atoms with Gasteiger partial charge in [-0.1, -0.05) is 67.6 Å². The number of aryl methyl sites for hydroxylation is 2. The van der Waals surface area contributed by atoms with E-state index in [0.717, 1.165) is 42.0 Å². The lowest BCUT2D eigenvalue weighted by atomic mass is 9.95. The van der Waals surface area contributed by atoms with E-state index in [2.05, 4.69) is 5.32 Å². The lowest BCUT2D eigenvalue weighted by molar-refractivity contribution is -0.140. The van der Waals surface area contributed by atoms with Crippen LogP contribution in [0.3, 0.4) is 0 Å². The Labute approximate surface area is 259 Å². The topological polar surface area (TPSA) is 86.8 Å². The van der Waals surface area contributed by atoms with Crippen LogP contribution in [-0.2, 0) is 26.2 Å². The Morgan fingerprint density at radius 2 is 1.63 bits per heavy atom. The summed E-state index contributed by atoms with van der Waals surface area (Å²) < 4.78 is 42.9. The maximum absolute atomic E-state index is 14.2. The van der Waals surface area contributed by atoms with Gasteiger partial charge in [-0.15, -0.1) is 0 Å². The van der Waals surface area contributed by atoms with Crippen LogP contribution in [-0.4, -0.2) is 43.8 Å². The van der Waals surface area contributed by atoms with E-state index in [1.54, 1.807) is 49.4 Å². The Morgan fingerprint density at radius 3 is 2.23 bits per heavy atom. The molecule has 0 heterocycles. The number of carbonyl (C=O) groups excluding carboxylic acids is 2. The molecule has 3 aromatic rings. The maximum Gasteiger partial charge on any atom is 0.264 e. The van der Waals surface area contributed by atoms with Gasteiger partial charge < -0.3 is 10.2 Å². The summed E-state index contributed by atoms with van der Waals surface area (Å²) in [6.45, 7) is 4.87. The van der Waals surface area contributed by atoms with Crippen LogP contribution in [0.4, 0.5) is 10.1 Å². The third-order valence-corrected chi connectivity index (χ3v) is 9.93. The molecule has 7 nitrogen and oxygen atoms in total. The molecule has 3 aromatic carbocycles. The van der Waals surface area contributed by atoms with E-state index in [9.17, 15) is 22.4 Å². The van der Waals surface area contributed by atoms with E-state index in [-0.39, 0.29) is 23.4 Å². The molecule has 0 saturated heterocycles. The van der Waals surface area contributed by atoms with Gasteiger partial charge in [0.1, 0.15) is 18.4 Å². The molecule has 10 heteroatoms. The van der Waals surface area contributed by atoms with Crippen molar-refractivity contribution in [2.45, 2.75) is 82.8 Å². The SMILES string of the molecule is CC[C@H](C(=O)NC1CCCCC1)N(Cc1ccc(F)cc1)C(=O)CN(c1ccc(Cl)cc1C)S(=O)(=O)c1ccc(C)cc1. The first kappa shape index (κ1) is 32.5. The number of carbonyl (C=O) groups is 2. The van der Waals surface area contributed by atoms with E-state index in [1.165, 1.54) is 29.2 Å². The molecule has 1 saturated carbocycles. The van der Waals surface area contributed by atoms with E-state index < -0.39 is 34.3 Å². The summed E-state index contributed by atoms with van der Waals surface area (Å²) >= 11 is 6.19. The molecular formula is C33H39ClFN3O4S. The quantitative estimate of drug-likeness (QED) is 0.261. The van der Waals surface area contributed by atoms with Gasteiger partial charge in [-0.05, 0) is 86.7 Å². The summed E-state index contributed by atoms with van der Waals surface area (Å²) in [5, 5.41) is 3.56. The number of halogens is 2. The van der Waals surface area contributed by atoms with Crippen LogP contribution in [0.5, 0.6) is 0 Å². The number of nitrogens with one attached hydrogen (secondary N) is 1. The molecule has 0 bridgehead atoms. The van der Waals surface area contributed by atoms with Gasteiger partial charge in [0, 0.05) is 17.6 Å². The number of sulfonamides is 1. The molecule has 43 heavy (non-hydrogen) atoms. The number of rotatable bonds is 11. The number of benzene rings is 3. The predicted molar refractivity (Wildman–Crippen MR) is 168 cm³/mol. The molecule has 0 aliphatic heterocycles. The van der Waals surface area contributed by atoms with E-state index in [1.807, 2.05) is 13.8 Å². The summed E-state index contributed by atoms with van der Waals surface area (Å²) in [5.41, 5.74) is 2.39. The molecule has 1 N–H and O–H groups in total. The van der Waals surface area contributed by atoms with Crippen LogP contribution < -0.4 is 9.62 Å². The Morgan fingerprint density at radius 1 is 0.977 bits per heavy atom. The highest BCUT2D eigenvalue weighted by molar-refractivity contribution is 7.92. The van der Waals surface area contributed by atoms with Gasteiger partial charge in [-0.3, -0.25) is 13.9 Å². The van der Waals surface area contributed by atoms with E-state index in [0.29, 0.717) is 28.3 Å². The highest BCUT2D eigenvalue weighted by Gasteiger charge is 2.35. The molecule has 2 amide bonds. The number of hydrogen-bond donors (Lipinski definition) is 1. The van der Waals surface area contributed by atoms with Gasteiger partial charge in [0.2, 0.25) is 11.8 Å². The van der Waals surface area contributed by atoms with Crippen molar-refractivity contribution >= 4 is 39.1 Å². The zero-order valence-electron chi connectivity index (χ0n) is 24.9. The second-order valence-corrected chi connectivity index (χ2v) is 13.5. The molecule has 0 unspecified atom stereocenters. The average molecular weight is 628 g/mol. The van der Waals surface area contributed by atoms with Crippen molar-refractivity contribution in [3.8, 4) is 0 Å². The number of anilines is 1. The zero-order valence-corrected chi connectivity index (χ0v) is 26.4. The third kappa shape index (κ3) is 8.15. The molecule has 0 spiro atoms. The predicted octanol–water partition coefficient (Wildman–Crippen LogP) is 6.55. The van der Waals surface area contributed by atoms with Gasteiger partial charge in [-0.25, -0.2) is 12.8 Å².